The van der Waals surface area contributed by atoms with Crippen molar-refractivity contribution in [2.24, 2.45) is 0 Å². The maximum atomic E-state index is 12.0. The zero-order valence-corrected chi connectivity index (χ0v) is 12.1. The summed E-state index contributed by atoms with van der Waals surface area (Å²) >= 11 is 11.8. The SMILES string of the molecule is CC(NC(=O)c1cccc(=O)[nH]1)c1ccc(Cl)c(Cl)c1. The highest BCUT2D eigenvalue weighted by Crippen LogP contribution is 2.25. The van der Waals surface area contributed by atoms with Gasteiger partial charge in [-0.15, -0.1) is 0 Å². The van der Waals surface area contributed by atoms with Crippen LogP contribution in [-0.2, 0) is 0 Å². The third-order valence-electron chi connectivity index (χ3n) is 2.80. The van der Waals surface area contributed by atoms with Gasteiger partial charge in [0.25, 0.3) is 5.91 Å². The molecule has 4 nitrogen and oxygen atoms in total. The molecule has 0 radical (unpaired) electrons. The van der Waals surface area contributed by atoms with E-state index in [4.69, 9.17) is 23.2 Å². The van der Waals surface area contributed by atoms with Gasteiger partial charge in [-0.25, -0.2) is 0 Å². The highest BCUT2D eigenvalue weighted by molar-refractivity contribution is 6.42. The van der Waals surface area contributed by atoms with Crippen molar-refractivity contribution < 1.29 is 4.79 Å². The number of hydrogen-bond donors (Lipinski definition) is 2. The van der Waals surface area contributed by atoms with E-state index in [1.165, 1.54) is 18.2 Å². The largest absolute Gasteiger partial charge is 0.344 e. The van der Waals surface area contributed by atoms with Crippen molar-refractivity contribution in [2.45, 2.75) is 13.0 Å². The molecule has 0 saturated heterocycles. The Morgan fingerprint density at radius 1 is 1.20 bits per heavy atom. The lowest BCUT2D eigenvalue weighted by molar-refractivity contribution is 0.0934. The maximum Gasteiger partial charge on any atom is 0.268 e. The molecule has 0 bridgehead atoms. The van der Waals surface area contributed by atoms with Gasteiger partial charge in [0.2, 0.25) is 5.56 Å². The molecule has 6 heteroatoms. The second-order valence-corrected chi connectivity index (χ2v) is 5.11. The van der Waals surface area contributed by atoms with E-state index in [1.807, 2.05) is 6.92 Å². The molecular formula is C14H12Cl2N2O2. The van der Waals surface area contributed by atoms with Crippen LogP contribution >= 0.6 is 23.2 Å². The average molecular weight is 311 g/mol. The summed E-state index contributed by atoms with van der Waals surface area (Å²) in [6.07, 6.45) is 0. The number of aromatic nitrogens is 1. The Bertz CT molecular complexity index is 698. The normalized spacial score (nSPS) is 11.9. The number of amides is 1. The van der Waals surface area contributed by atoms with Crippen LogP contribution in [0, 0.1) is 0 Å². The first-order valence-corrected chi connectivity index (χ1v) is 6.68. The Hall–Kier alpha value is -1.78. The van der Waals surface area contributed by atoms with Crippen LogP contribution in [0.15, 0.2) is 41.2 Å². The van der Waals surface area contributed by atoms with E-state index >= 15 is 0 Å². The molecule has 1 aromatic heterocycles. The van der Waals surface area contributed by atoms with Gasteiger partial charge in [0.15, 0.2) is 0 Å². The summed E-state index contributed by atoms with van der Waals surface area (Å²) in [7, 11) is 0. The predicted octanol–water partition coefficient (Wildman–Crippen LogP) is 3.17. The molecule has 2 rings (SSSR count). The second-order valence-electron chi connectivity index (χ2n) is 4.30. The Morgan fingerprint density at radius 2 is 1.95 bits per heavy atom. The van der Waals surface area contributed by atoms with Gasteiger partial charge in [-0.2, -0.15) is 0 Å². The summed E-state index contributed by atoms with van der Waals surface area (Å²) in [5, 5.41) is 3.66. The average Bonchev–Trinajstić information content (AvgIpc) is 2.41. The summed E-state index contributed by atoms with van der Waals surface area (Å²) in [6, 6.07) is 9.30. The third kappa shape index (κ3) is 3.40. The number of H-pyrrole nitrogens is 1. The van der Waals surface area contributed by atoms with E-state index in [2.05, 4.69) is 10.3 Å². The van der Waals surface area contributed by atoms with Gasteiger partial charge < -0.3 is 10.3 Å². The molecule has 1 unspecified atom stereocenters. The van der Waals surface area contributed by atoms with Gasteiger partial charge in [0.05, 0.1) is 16.1 Å². The number of halogens is 2. The molecule has 0 aliphatic rings. The van der Waals surface area contributed by atoms with E-state index in [0.717, 1.165) is 5.56 Å². The van der Waals surface area contributed by atoms with Crippen LogP contribution in [0.25, 0.3) is 0 Å². The first-order chi connectivity index (χ1) is 9.47. The fraction of sp³-hybridized carbons (Fsp3) is 0.143. The Labute approximate surface area is 125 Å². The lowest BCUT2D eigenvalue weighted by Gasteiger charge is -2.14. The number of aromatic amines is 1. The molecule has 0 saturated carbocycles. The number of benzene rings is 1. The zero-order valence-electron chi connectivity index (χ0n) is 10.6. The van der Waals surface area contributed by atoms with Gasteiger partial charge in [-0.05, 0) is 30.7 Å². The number of pyridine rings is 1. The van der Waals surface area contributed by atoms with Crippen LogP contribution in [0.2, 0.25) is 10.0 Å². The number of carbonyl (C=O) groups excluding carboxylic acids is 1. The monoisotopic (exact) mass is 310 g/mol. The molecule has 0 aliphatic heterocycles. The van der Waals surface area contributed by atoms with Crippen LogP contribution in [0.5, 0.6) is 0 Å². The van der Waals surface area contributed by atoms with Crippen molar-refractivity contribution in [3.8, 4) is 0 Å². The first kappa shape index (κ1) is 14.6. The Morgan fingerprint density at radius 3 is 2.60 bits per heavy atom. The van der Waals surface area contributed by atoms with E-state index in [9.17, 15) is 9.59 Å². The molecule has 1 aromatic carbocycles. The third-order valence-corrected chi connectivity index (χ3v) is 3.54. The van der Waals surface area contributed by atoms with Crippen molar-refractivity contribution in [2.75, 3.05) is 0 Å². The van der Waals surface area contributed by atoms with Crippen LogP contribution in [0.4, 0.5) is 0 Å². The molecule has 2 N–H and O–H groups in total. The molecule has 2 aromatic rings. The minimum atomic E-state index is -0.360. The summed E-state index contributed by atoms with van der Waals surface area (Å²) in [4.78, 5) is 25.6. The minimum absolute atomic E-state index is 0.212. The van der Waals surface area contributed by atoms with Gasteiger partial charge >= 0.3 is 0 Å². The maximum absolute atomic E-state index is 12.0. The molecule has 104 valence electrons. The quantitative estimate of drug-likeness (QED) is 0.914. The molecule has 1 amide bonds. The van der Waals surface area contributed by atoms with Crippen molar-refractivity contribution in [1.29, 1.82) is 0 Å². The van der Waals surface area contributed by atoms with Gasteiger partial charge in [-0.3, -0.25) is 9.59 Å². The molecule has 1 atom stereocenters. The lowest BCUT2D eigenvalue weighted by Crippen LogP contribution is -2.28. The van der Waals surface area contributed by atoms with E-state index < -0.39 is 0 Å². The van der Waals surface area contributed by atoms with Gasteiger partial charge in [0.1, 0.15) is 5.69 Å². The number of carbonyl (C=O) groups is 1. The van der Waals surface area contributed by atoms with Crippen LogP contribution in [-0.4, -0.2) is 10.9 Å². The summed E-state index contributed by atoms with van der Waals surface area (Å²) in [6.45, 7) is 1.82. The van der Waals surface area contributed by atoms with E-state index in [0.29, 0.717) is 10.0 Å². The topological polar surface area (TPSA) is 62.0 Å². The van der Waals surface area contributed by atoms with Crippen molar-refractivity contribution in [3.05, 3.63) is 68.1 Å². The van der Waals surface area contributed by atoms with E-state index in [-0.39, 0.29) is 23.2 Å². The highest BCUT2D eigenvalue weighted by atomic mass is 35.5. The molecule has 0 fully saturated rings. The summed E-state index contributed by atoms with van der Waals surface area (Å²) < 4.78 is 0. The molecular weight excluding hydrogens is 299 g/mol. The summed E-state index contributed by atoms with van der Waals surface area (Å²) in [5.41, 5.74) is 0.718. The Kier molecular flexibility index (Phi) is 4.47. The number of nitrogens with one attached hydrogen (secondary N) is 2. The van der Waals surface area contributed by atoms with Crippen LogP contribution in [0.1, 0.15) is 29.0 Å². The number of rotatable bonds is 3. The fourth-order valence-corrected chi connectivity index (χ4v) is 2.03. The van der Waals surface area contributed by atoms with Gasteiger partial charge in [0, 0.05) is 6.07 Å². The van der Waals surface area contributed by atoms with Crippen LogP contribution < -0.4 is 10.9 Å². The predicted molar refractivity (Wildman–Crippen MR) is 79.4 cm³/mol. The lowest BCUT2D eigenvalue weighted by atomic mass is 10.1. The standard InChI is InChI=1S/C14H12Cl2N2O2/c1-8(9-5-6-10(15)11(16)7-9)17-14(20)12-3-2-4-13(19)18-12/h2-8H,1H3,(H,17,20)(H,18,19). The molecule has 1 heterocycles. The number of hydrogen-bond acceptors (Lipinski definition) is 2. The molecule has 0 spiro atoms. The van der Waals surface area contributed by atoms with E-state index in [1.54, 1.807) is 18.2 Å². The summed E-state index contributed by atoms with van der Waals surface area (Å²) in [5.74, 6) is -0.360. The smallest absolute Gasteiger partial charge is 0.268 e. The van der Waals surface area contributed by atoms with Crippen molar-refractivity contribution >= 4 is 29.1 Å². The first-order valence-electron chi connectivity index (χ1n) is 5.92. The van der Waals surface area contributed by atoms with Crippen molar-refractivity contribution in [1.82, 2.24) is 10.3 Å². The Balaban J connectivity index is 2.14. The molecule has 20 heavy (non-hydrogen) atoms. The highest BCUT2D eigenvalue weighted by Gasteiger charge is 2.13. The minimum Gasteiger partial charge on any atom is -0.344 e. The molecule has 0 aliphatic carbocycles. The zero-order chi connectivity index (χ0) is 14.7. The van der Waals surface area contributed by atoms with Crippen LogP contribution in [0.3, 0.4) is 0 Å². The fourth-order valence-electron chi connectivity index (χ4n) is 1.72. The van der Waals surface area contributed by atoms with Gasteiger partial charge in [-0.1, -0.05) is 35.3 Å². The second kappa shape index (κ2) is 6.11. The van der Waals surface area contributed by atoms with Crippen molar-refractivity contribution in [3.63, 3.8) is 0 Å².